The number of hydrogen-bond donors (Lipinski definition) is 2. The van der Waals surface area contributed by atoms with Gasteiger partial charge in [-0.25, -0.2) is 4.98 Å². The Morgan fingerprint density at radius 1 is 1.39 bits per heavy atom. The van der Waals surface area contributed by atoms with Gasteiger partial charge in [0.25, 0.3) is 0 Å². The van der Waals surface area contributed by atoms with Crippen LogP contribution in [-0.4, -0.2) is 22.2 Å². The molecule has 0 saturated heterocycles. The normalized spacial score (nSPS) is 18.3. The number of halogens is 4. The van der Waals surface area contributed by atoms with E-state index in [2.05, 4.69) is 10.3 Å². The molecule has 3 nitrogen and oxygen atoms in total. The average Bonchev–Trinajstić information content (AvgIpc) is 2.22. The summed E-state index contributed by atoms with van der Waals surface area (Å²) in [4.78, 5) is 3.75. The summed E-state index contributed by atoms with van der Waals surface area (Å²) in [5.41, 5.74) is -1.69. The Morgan fingerprint density at radius 2 is 2.06 bits per heavy atom. The third-order valence-corrected chi connectivity index (χ3v) is 3.20. The fourth-order valence-corrected chi connectivity index (χ4v) is 1.98. The number of alkyl halides is 3. The van der Waals surface area contributed by atoms with Gasteiger partial charge < -0.3 is 10.4 Å². The molecule has 2 N–H and O–H groups in total. The quantitative estimate of drug-likeness (QED) is 0.837. The highest BCUT2D eigenvalue weighted by molar-refractivity contribution is 6.29. The Hall–Kier alpha value is -1.01. The minimum atomic E-state index is -4.46. The third kappa shape index (κ3) is 3.05. The number of anilines is 1. The fraction of sp³-hybridized carbons (Fsp3) is 0.545. The molecular weight excluding hydrogens is 269 g/mol. The molecule has 0 unspecified atom stereocenters. The van der Waals surface area contributed by atoms with E-state index in [1.807, 2.05) is 0 Å². The van der Waals surface area contributed by atoms with Gasteiger partial charge >= 0.3 is 6.18 Å². The lowest BCUT2D eigenvalue weighted by molar-refractivity contribution is -0.137. The maximum Gasteiger partial charge on any atom is 0.416 e. The highest BCUT2D eigenvalue weighted by atomic mass is 35.5. The summed E-state index contributed by atoms with van der Waals surface area (Å²) in [6.45, 7) is 0.178. The molecule has 0 amide bonds. The molecule has 2 rings (SSSR count). The van der Waals surface area contributed by atoms with Gasteiger partial charge in [-0.3, -0.25) is 0 Å². The minimum Gasteiger partial charge on any atom is -0.388 e. The van der Waals surface area contributed by atoms with Crippen molar-refractivity contribution in [2.24, 2.45) is 0 Å². The Morgan fingerprint density at radius 3 is 2.56 bits per heavy atom. The average molecular weight is 281 g/mol. The third-order valence-electron chi connectivity index (χ3n) is 3.00. The molecule has 18 heavy (non-hydrogen) atoms. The Bertz CT molecular complexity index is 446. The summed E-state index contributed by atoms with van der Waals surface area (Å²) in [5.74, 6) is 0.0233. The molecule has 0 bridgehead atoms. The van der Waals surface area contributed by atoms with Crippen molar-refractivity contribution < 1.29 is 18.3 Å². The van der Waals surface area contributed by atoms with Crippen LogP contribution in [0.3, 0.4) is 0 Å². The first-order valence-corrected chi connectivity index (χ1v) is 5.87. The van der Waals surface area contributed by atoms with Gasteiger partial charge in [0.1, 0.15) is 11.0 Å². The van der Waals surface area contributed by atoms with E-state index in [1.165, 1.54) is 0 Å². The standard InChI is InChI=1S/C11H12ClF3N2O/c12-8-4-7(11(13,14)15)5-9(17-8)16-6-10(18)2-1-3-10/h4-5,18H,1-3,6H2,(H,16,17). The predicted molar refractivity (Wildman–Crippen MR) is 61.5 cm³/mol. The van der Waals surface area contributed by atoms with Crippen molar-refractivity contribution in [3.8, 4) is 0 Å². The second-order valence-electron chi connectivity index (χ2n) is 4.49. The van der Waals surface area contributed by atoms with Crippen molar-refractivity contribution in [3.63, 3.8) is 0 Å². The summed E-state index contributed by atoms with van der Waals surface area (Å²) in [6, 6.07) is 1.65. The van der Waals surface area contributed by atoms with Crippen molar-refractivity contribution in [1.82, 2.24) is 4.98 Å². The van der Waals surface area contributed by atoms with Crippen LogP contribution in [0.25, 0.3) is 0 Å². The molecule has 0 spiro atoms. The van der Waals surface area contributed by atoms with E-state index in [9.17, 15) is 18.3 Å². The minimum absolute atomic E-state index is 0.0233. The monoisotopic (exact) mass is 280 g/mol. The first kappa shape index (κ1) is 13.4. The lowest BCUT2D eigenvalue weighted by atomic mass is 9.80. The van der Waals surface area contributed by atoms with Gasteiger partial charge in [-0.05, 0) is 31.4 Å². The Kier molecular flexibility index (Phi) is 3.42. The molecule has 1 saturated carbocycles. The number of nitrogens with zero attached hydrogens (tertiary/aromatic N) is 1. The number of pyridine rings is 1. The second-order valence-corrected chi connectivity index (χ2v) is 4.88. The van der Waals surface area contributed by atoms with E-state index < -0.39 is 17.3 Å². The molecule has 1 aromatic rings. The molecular formula is C11H12ClF3N2O. The van der Waals surface area contributed by atoms with Gasteiger partial charge in [0.2, 0.25) is 0 Å². The number of aromatic nitrogens is 1. The molecule has 0 radical (unpaired) electrons. The van der Waals surface area contributed by atoms with E-state index in [0.717, 1.165) is 18.6 Å². The summed E-state index contributed by atoms with van der Waals surface area (Å²) < 4.78 is 37.6. The lowest BCUT2D eigenvalue weighted by Crippen LogP contribution is -2.43. The van der Waals surface area contributed by atoms with Crippen LogP contribution in [0, 0.1) is 0 Å². The number of rotatable bonds is 3. The first-order chi connectivity index (χ1) is 8.28. The molecule has 7 heteroatoms. The van der Waals surface area contributed by atoms with Crippen LogP contribution in [0.2, 0.25) is 5.15 Å². The van der Waals surface area contributed by atoms with Gasteiger partial charge in [-0.1, -0.05) is 11.6 Å². The zero-order valence-electron chi connectivity index (χ0n) is 9.39. The zero-order valence-corrected chi connectivity index (χ0v) is 10.1. The van der Waals surface area contributed by atoms with E-state index in [-0.39, 0.29) is 17.5 Å². The smallest absolute Gasteiger partial charge is 0.388 e. The number of aliphatic hydroxyl groups is 1. The molecule has 0 aliphatic heterocycles. The van der Waals surface area contributed by atoms with Crippen molar-refractivity contribution in [3.05, 3.63) is 22.8 Å². The highest BCUT2D eigenvalue weighted by Gasteiger charge is 2.35. The van der Waals surface area contributed by atoms with Crippen LogP contribution >= 0.6 is 11.6 Å². The largest absolute Gasteiger partial charge is 0.416 e. The van der Waals surface area contributed by atoms with Gasteiger partial charge in [-0.2, -0.15) is 13.2 Å². The van der Waals surface area contributed by atoms with E-state index in [1.54, 1.807) is 0 Å². The van der Waals surface area contributed by atoms with Crippen molar-refractivity contribution in [1.29, 1.82) is 0 Å². The van der Waals surface area contributed by atoms with E-state index in [4.69, 9.17) is 11.6 Å². The lowest BCUT2D eigenvalue weighted by Gasteiger charge is -2.36. The van der Waals surface area contributed by atoms with Gasteiger partial charge in [0.15, 0.2) is 0 Å². The van der Waals surface area contributed by atoms with Crippen LogP contribution in [0.4, 0.5) is 19.0 Å². The van der Waals surface area contributed by atoms with E-state index >= 15 is 0 Å². The molecule has 1 fully saturated rings. The molecule has 1 aliphatic rings. The summed E-state index contributed by atoms with van der Waals surface area (Å²) in [5, 5.41) is 12.3. The van der Waals surface area contributed by atoms with Crippen molar-refractivity contribution in [2.75, 3.05) is 11.9 Å². The molecule has 0 aromatic carbocycles. The highest BCUT2D eigenvalue weighted by Crippen LogP contribution is 2.34. The van der Waals surface area contributed by atoms with E-state index in [0.29, 0.717) is 12.8 Å². The van der Waals surface area contributed by atoms with Gasteiger partial charge in [0.05, 0.1) is 11.2 Å². The van der Waals surface area contributed by atoms with Crippen LogP contribution in [0.5, 0.6) is 0 Å². The SMILES string of the molecule is OC1(CNc2cc(C(F)(F)F)cc(Cl)n2)CCC1. The first-order valence-electron chi connectivity index (χ1n) is 5.50. The summed E-state index contributed by atoms with van der Waals surface area (Å²) in [7, 11) is 0. The maximum atomic E-state index is 12.5. The summed E-state index contributed by atoms with van der Waals surface area (Å²) >= 11 is 5.54. The topological polar surface area (TPSA) is 45.1 Å². The second kappa shape index (κ2) is 4.59. The van der Waals surface area contributed by atoms with Crippen molar-refractivity contribution >= 4 is 17.4 Å². The predicted octanol–water partition coefficient (Wildman–Crippen LogP) is 3.08. The Labute approximate surface area is 107 Å². The molecule has 1 aromatic heterocycles. The van der Waals surface area contributed by atoms with Crippen LogP contribution < -0.4 is 5.32 Å². The number of nitrogens with one attached hydrogen (secondary N) is 1. The maximum absolute atomic E-state index is 12.5. The van der Waals surface area contributed by atoms with Crippen LogP contribution in [0.1, 0.15) is 24.8 Å². The van der Waals surface area contributed by atoms with Gasteiger partial charge in [-0.15, -0.1) is 0 Å². The summed E-state index contributed by atoms with van der Waals surface area (Å²) in [6.07, 6.45) is -2.25. The fourth-order valence-electron chi connectivity index (χ4n) is 1.77. The van der Waals surface area contributed by atoms with Gasteiger partial charge in [0, 0.05) is 6.54 Å². The molecule has 100 valence electrons. The zero-order chi connectivity index (χ0) is 13.4. The molecule has 1 heterocycles. The molecule has 1 aliphatic carbocycles. The molecule has 0 atom stereocenters. The Balaban J connectivity index is 2.10. The van der Waals surface area contributed by atoms with Crippen molar-refractivity contribution in [2.45, 2.75) is 31.0 Å². The van der Waals surface area contributed by atoms with Crippen LogP contribution in [0.15, 0.2) is 12.1 Å². The number of hydrogen-bond acceptors (Lipinski definition) is 3. The van der Waals surface area contributed by atoms with Crippen LogP contribution in [-0.2, 0) is 6.18 Å².